The molecule has 5 heteroatoms. The molecule has 5 rings (SSSR count). The van der Waals surface area contributed by atoms with Gasteiger partial charge >= 0.3 is 0 Å². The molecule has 1 N–H and O–H groups in total. The molecule has 0 amide bonds. The molecule has 4 aromatic rings. The zero-order chi connectivity index (χ0) is 28.7. The van der Waals surface area contributed by atoms with Gasteiger partial charge in [0.25, 0.3) is 0 Å². The molecule has 3 atom stereocenters. The third kappa shape index (κ3) is 5.88. The van der Waals surface area contributed by atoms with Crippen LogP contribution in [0.3, 0.4) is 0 Å². The highest BCUT2D eigenvalue weighted by Crippen LogP contribution is 2.49. The van der Waals surface area contributed by atoms with Crippen molar-refractivity contribution >= 4 is 22.7 Å². The molecule has 0 bridgehead atoms. The van der Waals surface area contributed by atoms with Gasteiger partial charge in [-0.25, -0.2) is 0 Å². The molecule has 0 aliphatic heterocycles. The van der Waals surface area contributed by atoms with Crippen LogP contribution in [0.25, 0.3) is 0 Å². The lowest BCUT2D eigenvalue weighted by atomic mass is 10.0. The van der Waals surface area contributed by atoms with Crippen LogP contribution in [0, 0.1) is 5.21 Å². The van der Waals surface area contributed by atoms with Crippen molar-refractivity contribution in [3.63, 3.8) is 0 Å². The number of benzene rings is 4. The molecule has 0 saturated heterocycles. The molecule has 5 nitrogen and oxygen atoms in total. The number of nitrogens with zero attached hydrogens (tertiary/aromatic N) is 1. The molecule has 4 aromatic carbocycles. The fourth-order valence-corrected chi connectivity index (χ4v) is 5.14. The van der Waals surface area contributed by atoms with E-state index in [9.17, 15) is 5.21 Å². The van der Waals surface area contributed by atoms with Gasteiger partial charge in [-0.1, -0.05) is 56.0 Å². The summed E-state index contributed by atoms with van der Waals surface area (Å²) in [5.74, 6) is 1.29. The minimum atomic E-state index is -0.436. The van der Waals surface area contributed by atoms with E-state index >= 15 is 0 Å². The van der Waals surface area contributed by atoms with E-state index in [2.05, 4.69) is 68.1 Å². The zero-order valence-corrected chi connectivity index (χ0v) is 23.7. The Morgan fingerprint density at radius 2 is 1.37 bits per heavy atom. The fourth-order valence-electron chi connectivity index (χ4n) is 5.14. The van der Waals surface area contributed by atoms with Gasteiger partial charge in [-0.15, -0.1) is 5.23 Å². The van der Waals surface area contributed by atoms with Gasteiger partial charge in [-0.05, 0) is 68.7 Å². The molecule has 0 saturated carbocycles. The summed E-state index contributed by atoms with van der Waals surface area (Å²) in [5.41, 5.74) is 4.40. The predicted molar refractivity (Wildman–Crippen MR) is 167 cm³/mol. The van der Waals surface area contributed by atoms with Gasteiger partial charge in [0.1, 0.15) is 34.1 Å². The van der Waals surface area contributed by atoms with Gasteiger partial charge in [0, 0.05) is 48.5 Å². The summed E-state index contributed by atoms with van der Waals surface area (Å²) < 4.78 is 6.68. The highest BCUT2D eigenvalue weighted by molar-refractivity contribution is 5.77. The number of ether oxygens (including phenoxy) is 1. The molecule has 0 heterocycles. The van der Waals surface area contributed by atoms with Gasteiger partial charge in [-0.2, -0.15) is 4.48 Å². The average Bonchev–Trinajstić information content (AvgIpc) is 3.04. The summed E-state index contributed by atoms with van der Waals surface area (Å²) in [7, 11) is 0. The number of hydrogen-bond acceptors (Lipinski definition) is 3. The van der Waals surface area contributed by atoms with Crippen LogP contribution in [0.5, 0.6) is 11.5 Å². The van der Waals surface area contributed by atoms with Crippen molar-refractivity contribution < 1.29 is 14.8 Å². The second-order valence-corrected chi connectivity index (χ2v) is 10.3. The van der Waals surface area contributed by atoms with Gasteiger partial charge < -0.3 is 14.8 Å². The molecule has 0 radical (unpaired) electrons. The van der Waals surface area contributed by atoms with Crippen molar-refractivity contribution in [3.05, 3.63) is 151 Å². The molecule has 1 aliphatic carbocycles. The van der Waals surface area contributed by atoms with E-state index in [4.69, 9.17) is 9.57 Å². The van der Waals surface area contributed by atoms with E-state index in [-0.39, 0.29) is 5.23 Å². The summed E-state index contributed by atoms with van der Waals surface area (Å²) in [6, 6.07) is 35.7. The van der Waals surface area contributed by atoms with E-state index in [0.29, 0.717) is 15.9 Å². The Bertz CT molecular complexity index is 1500. The molecule has 1 aliphatic rings. The number of nitrogens with one attached hydrogen (secondary N) is 1. The van der Waals surface area contributed by atoms with Crippen LogP contribution in [0.4, 0.5) is 22.7 Å². The van der Waals surface area contributed by atoms with Crippen molar-refractivity contribution in [1.29, 1.82) is 0 Å². The third-order valence-corrected chi connectivity index (χ3v) is 7.66. The van der Waals surface area contributed by atoms with Crippen LogP contribution < -0.4 is 19.3 Å². The van der Waals surface area contributed by atoms with Gasteiger partial charge in [0.2, 0.25) is 0 Å². The maximum absolute atomic E-state index is 12.7. The standard InChI is InChI=1S/C36H37N2O3/c1-4-36(3,5-2)40-34-25-21-32(22-26-34)38(30-17-11-7-12-18-30,31-19-13-8-14-20-31)33-23-27-35(28-24-33)41-37(39)29-15-9-6-10-16-29/h4,6-7,9-13,15-28,37H,1,5,8,14H2,2-3H3/q+1. The summed E-state index contributed by atoms with van der Waals surface area (Å²) >= 11 is 0. The Hall–Kier alpha value is -4.42. The number of allylic oxidation sites excluding steroid dienone is 3. The average molecular weight is 546 g/mol. The van der Waals surface area contributed by atoms with E-state index in [1.54, 1.807) is 12.1 Å². The second-order valence-electron chi connectivity index (χ2n) is 10.3. The van der Waals surface area contributed by atoms with Crippen LogP contribution in [0.2, 0.25) is 0 Å². The number of para-hydroxylation sites is 1. The Morgan fingerprint density at radius 1 is 0.805 bits per heavy atom. The van der Waals surface area contributed by atoms with Crippen LogP contribution >= 0.6 is 0 Å². The van der Waals surface area contributed by atoms with Crippen molar-refractivity contribution in [3.8, 4) is 11.5 Å². The number of quaternary nitrogens is 2. The maximum Gasteiger partial charge on any atom is 0.191 e. The van der Waals surface area contributed by atoms with Crippen LogP contribution in [-0.2, 0) is 0 Å². The van der Waals surface area contributed by atoms with Gasteiger partial charge in [0.15, 0.2) is 11.4 Å². The van der Waals surface area contributed by atoms with Crippen LogP contribution in [-0.4, -0.2) is 5.60 Å². The van der Waals surface area contributed by atoms with E-state index < -0.39 is 5.60 Å². The van der Waals surface area contributed by atoms with Crippen molar-refractivity contribution in [2.75, 3.05) is 0 Å². The molecule has 3 unspecified atom stereocenters. The number of rotatable bonds is 11. The molecule has 208 valence electrons. The quantitative estimate of drug-likeness (QED) is 0.117. The zero-order valence-electron chi connectivity index (χ0n) is 23.7. The normalized spacial score (nSPS) is 16.5. The number of hydrogen-bond donors (Lipinski definition) is 1. The van der Waals surface area contributed by atoms with Gasteiger partial charge in [0.05, 0.1) is 0 Å². The first kappa shape index (κ1) is 28.1. The van der Waals surface area contributed by atoms with Gasteiger partial charge in [-0.3, -0.25) is 0 Å². The first-order chi connectivity index (χ1) is 20.0. The fraction of sp³-hybridized carbons (Fsp3) is 0.167. The smallest absolute Gasteiger partial charge is 0.191 e. The molecular formula is C36H37N2O3+. The van der Waals surface area contributed by atoms with E-state index in [1.165, 1.54) is 0 Å². The topological polar surface area (TPSA) is 46.0 Å². The Balaban J connectivity index is 1.60. The lowest BCUT2D eigenvalue weighted by Gasteiger charge is -2.38. The summed E-state index contributed by atoms with van der Waals surface area (Å²) in [4.78, 5) is 5.71. The minimum Gasteiger partial charge on any atom is -0.585 e. The highest BCUT2D eigenvalue weighted by Gasteiger charge is 2.40. The van der Waals surface area contributed by atoms with E-state index in [1.807, 2.05) is 73.7 Å². The largest absolute Gasteiger partial charge is 0.585 e. The third-order valence-electron chi connectivity index (χ3n) is 7.66. The summed E-state index contributed by atoms with van der Waals surface area (Å²) in [6.45, 7) is 8.10. The monoisotopic (exact) mass is 545 g/mol. The predicted octanol–water partition coefficient (Wildman–Crippen LogP) is 8.63. The summed E-state index contributed by atoms with van der Waals surface area (Å²) in [5, 5.41) is 12.3. The first-order valence-electron chi connectivity index (χ1n) is 14.1. The van der Waals surface area contributed by atoms with Crippen LogP contribution in [0.15, 0.2) is 146 Å². The molecular weight excluding hydrogens is 508 g/mol. The Morgan fingerprint density at radius 3 is 1.90 bits per heavy atom. The van der Waals surface area contributed by atoms with Crippen molar-refractivity contribution in [2.45, 2.75) is 38.7 Å². The Labute approximate surface area is 243 Å². The van der Waals surface area contributed by atoms with Crippen LogP contribution in [0.1, 0.15) is 33.1 Å². The summed E-state index contributed by atoms with van der Waals surface area (Å²) in [6.07, 6.45) is 11.4. The second kappa shape index (κ2) is 12.4. The maximum atomic E-state index is 12.7. The van der Waals surface area contributed by atoms with Crippen molar-refractivity contribution in [1.82, 2.24) is 4.48 Å². The Kier molecular flexibility index (Phi) is 8.50. The lowest BCUT2D eigenvalue weighted by molar-refractivity contribution is -0.963. The highest BCUT2D eigenvalue weighted by atomic mass is 16.9. The first-order valence-corrected chi connectivity index (χ1v) is 14.1. The lowest BCUT2D eigenvalue weighted by Crippen LogP contribution is -3.04. The van der Waals surface area contributed by atoms with E-state index in [0.717, 1.165) is 47.8 Å². The SMILES string of the molecule is C=CC(C)(CC)Oc1ccc([N+](C2=CCCC=C2)(c2ccccc2)c2ccc(O[NH+]([O-])c3ccccc3)cc2)cc1. The minimum absolute atomic E-state index is 0.372. The molecule has 41 heavy (non-hydrogen) atoms. The molecule has 0 spiro atoms. The molecule has 0 fully saturated rings. The van der Waals surface area contributed by atoms with Crippen molar-refractivity contribution in [2.24, 2.45) is 0 Å². The molecule has 0 aromatic heterocycles.